The smallest absolute Gasteiger partial charge is 0.418 e. The minimum Gasteiger partial charge on any atom is -0.550 e. The first-order valence-electron chi connectivity index (χ1n) is 8.00. The normalized spacial score (nSPS) is 11.5. The molecule has 6 heteroatoms. The Bertz CT molecular complexity index is 914. The molecule has 0 unspecified atom stereocenters. The van der Waals surface area contributed by atoms with Crippen molar-refractivity contribution in [2.45, 2.75) is 19.0 Å². The number of aryl methyl sites for hydroxylation is 1. The molecule has 3 aromatic rings. The van der Waals surface area contributed by atoms with Gasteiger partial charge < -0.3 is 14.5 Å². The number of carboxylic acid groups (broad SMARTS) is 1. The molecule has 1 aromatic heterocycles. The highest BCUT2D eigenvalue weighted by Gasteiger charge is 2.34. The van der Waals surface area contributed by atoms with Crippen LogP contribution in [0.5, 0.6) is 0 Å². The first kappa shape index (κ1) is 17.8. The van der Waals surface area contributed by atoms with E-state index in [0.29, 0.717) is 11.4 Å². The minimum absolute atomic E-state index is 0.0304. The maximum atomic E-state index is 13.5. The summed E-state index contributed by atoms with van der Waals surface area (Å²) in [5, 5.41) is 10.8. The molecule has 3 rings (SSSR count). The van der Waals surface area contributed by atoms with Crippen LogP contribution in [0.4, 0.5) is 13.2 Å². The second kappa shape index (κ2) is 7.07. The molecule has 134 valence electrons. The Balaban J connectivity index is 2.22. The van der Waals surface area contributed by atoms with Crippen molar-refractivity contribution < 1.29 is 23.1 Å². The SMILES string of the molecule is O=C([O-])CCc1ccc(-c2ccccc2)n1-c1ccccc1C(F)(F)F. The predicted molar refractivity (Wildman–Crippen MR) is 89.5 cm³/mol. The summed E-state index contributed by atoms with van der Waals surface area (Å²) in [5.41, 5.74) is 0.977. The van der Waals surface area contributed by atoms with E-state index in [9.17, 15) is 23.1 Å². The third kappa shape index (κ3) is 3.64. The second-order valence-electron chi connectivity index (χ2n) is 5.80. The topological polar surface area (TPSA) is 45.1 Å². The molecule has 0 N–H and O–H groups in total. The van der Waals surface area contributed by atoms with Crippen LogP contribution in [0.25, 0.3) is 16.9 Å². The lowest BCUT2D eigenvalue weighted by Crippen LogP contribution is -2.23. The number of nitrogens with zero attached hydrogens (tertiary/aromatic N) is 1. The molecule has 0 radical (unpaired) electrons. The molecular formula is C20H15F3NO2-. The number of aromatic nitrogens is 1. The van der Waals surface area contributed by atoms with Gasteiger partial charge in [0.15, 0.2) is 0 Å². The van der Waals surface area contributed by atoms with Crippen molar-refractivity contribution >= 4 is 5.97 Å². The van der Waals surface area contributed by atoms with Crippen molar-refractivity contribution in [1.82, 2.24) is 4.57 Å². The number of rotatable bonds is 5. The van der Waals surface area contributed by atoms with Crippen molar-refractivity contribution in [3.63, 3.8) is 0 Å². The van der Waals surface area contributed by atoms with Gasteiger partial charge in [0, 0.05) is 11.7 Å². The molecule has 0 aliphatic rings. The van der Waals surface area contributed by atoms with Crippen LogP contribution in [-0.2, 0) is 17.4 Å². The lowest BCUT2D eigenvalue weighted by molar-refractivity contribution is -0.305. The highest BCUT2D eigenvalue weighted by molar-refractivity contribution is 5.67. The maximum Gasteiger partial charge on any atom is 0.418 e. The Hall–Kier alpha value is -3.02. The molecule has 0 spiro atoms. The average molecular weight is 358 g/mol. The number of benzene rings is 2. The quantitative estimate of drug-likeness (QED) is 0.696. The fourth-order valence-electron chi connectivity index (χ4n) is 2.93. The summed E-state index contributed by atoms with van der Waals surface area (Å²) in [6.07, 6.45) is -4.73. The van der Waals surface area contributed by atoms with E-state index in [0.717, 1.165) is 11.6 Å². The van der Waals surface area contributed by atoms with Crippen LogP contribution in [0.1, 0.15) is 17.7 Å². The molecule has 0 aliphatic carbocycles. The highest BCUT2D eigenvalue weighted by Crippen LogP contribution is 2.37. The summed E-state index contributed by atoms with van der Waals surface area (Å²) in [4.78, 5) is 10.8. The second-order valence-corrected chi connectivity index (χ2v) is 5.80. The summed E-state index contributed by atoms with van der Waals surface area (Å²) >= 11 is 0. The zero-order valence-corrected chi connectivity index (χ0v) is 13.7. The van der Waals surface area contributed by atoms with E-state index in [1.165, 1.54) is 22.8 Å². The van der Waals surface area contributed by atoms with Crippen LogP contribution in [0.2, 0.25) is 0 Å². The van der Waals surface area contributed by atoms with Gasteiger partial charge in [-0.25, -0.2) is 0 Å². The number of carbonyl (C=O) groups is 1. The van der Waals surface area contributed by atoms with Crippen LogP contribution in [0.15, 0.2) is 66.7 Å². The van der Waals surface area contributed by atoms with E-state index in [-0.39, 0.29) is 18.5 Å². The van der Waals surface area contributed by atoms with Crippen molar-refractivity contribution in [1.29, 1.82) is 0 Å². The number of aliphatic carboxylic acids is 1. The minimum atomic E-state index is -4.53. The standard InChI is InChI=1S/C20H16F3NO2/c21-20(22,23)16-8-4-5-9-18(16)24-15(11-13-19(25)26)10-12-17(24)14-6-2-1-3-7-14/h1-10,12H,11,13H2,(H,25,26)/p-1. The molecule has 0 amide bonds. The lowest BCUT2D eigenvalue weighted by Gasteiger charge is -2.19. The highest BCUT2D eigenvalue weighted by atomic mass is 19.4. The van der Waals surface area contributed by atoms with Gasteiger partial charge in [0.1, 0.15) is 0 Å². The lowest BCUT2D eigenvalue weighted by atomic mass is 10.1. The van der Waals surface area contributed by atoms with Crippen molar-refractivity contribution in [2.75, 3.05) is 0 Å². The van der Waals surface area contributed by atoms with Crippen molar-refractivity contribution in [3.05, 3.63) is 78.0 Å². The summed E-state index contributed by atoms with van der Waals surface area (Å²) < 4.78 is 42.0. The number of alkyl halides is 3. The maximum absolute atomic E-state index is 13.5. The van der Waals surface area contributed by atoms with E-state index in [2.05, 4.69) is 0 Å². The molecule has 0 bridgehead atoms. The van der Waals surface area contributed by atoms with Crippen LogP contribution in [-0.4, -0.2) is 10.5 Å². The fraction of sp³-hybridized carbons (Fsp3) is 0.150. The molecule has 0 fully saturated rings. The molecule has 3 nitrogen and oxygen atoms in total. The zero-order chi connectivity index (χ0) is 18.7. The third-order valence-electron chi connectivity index (χ3n) is 4.07. The molecule has 0 saturated carbocycles. The number of hydrogen-bond acceptors (Lipinski definition) is 2. The van der Waals surface area contributed by atoms with Crippen LogP contribution in [0.3, 0.4) is 0 Å². The molecule has 2 aromatic carbocycles. The van der Waals surface area contributed by atoms with Gasteiger partial charge in [0.05, 0.1) is 16.9 Å². The summed E-state index contributed by atoms with van der Waals surface area (Å²) in [6, 6.07) is 17.6. The van der Waals surface area contributed by atoms with Crippen molar-refractivity contribution in [3.8, 4) is 16.9 Å². The molecule has 0 atom stereocenters. The van der Waals surface area contributed by atoms with E-state index in [1.807, 2.05) is 6.07 Å². The summed E-state index contributed by atoms with van der Waals surface area (Å²) in [5.74, 6) is -1.25. The van der Waals surface area contributed by atoms with Crippen LogP contribution >= 0.6 is 0 Å². The van der Waals surface area contributed by atoms with E-state index in [4.69, 9.17) is 0 Å². The van der Waals surface area contributed by atoms with E-state index >= 15 is 0 Å². The summed E-state index contributed by atoms with van der Waals surface area (Å²) in [7, 11) is 0. The molecule has 26 heavy (non-hydrogen) atoms. The third-order valence-corrected chi connectivity index (χ3v) is 4.07. The van der Waals surface area contributed by atoms with Crippen LogP contribution < -0.4 is 5.11 Å². The van der Waals surface area contributed by atoms with Gasteiger partial charge >= 0.3 is 6.18 Å². The fourth-order valence-corrected chi connectivity index (χ4v) is 2.93. The van der Waals surface area contributed by atoms with Gasteiger partial charge in [-0.15, -0.1) is 0 Å². The number of hydrogen-bond donors (Lipinski definition) is 0. The number of carboxylic acids is 1. The molecule has 0 saturated heterocycles. The Morgan fingerprint density at radius 1 is 0.923 bits per heavy atom. The van der Waals surface area contributed by atoms with E-state index in [1.54, 1.807) is 36.4 Å². The first-order chi connectivity index (χ1) is 12.4. The zero-order valence-electron chi connectivity index (χ0n) is 13.7. The van der Waals surface area contributed by atoms with Crippen molar-refractivity contribution in [2.24, 2.45) is 0 Å². The Labute approximate surface area is 148 Å². The van der Waals surface area contributed by atoms with Gasteiger partial charge in [-0.2, -0.15) is 13.2 Å². The van der Waals surface area contributed by atoms with Crippen LogP contribution in [0, 0.1) is 0 Å². The van der Waals surface area contributed by atoms with E-state index < -0.39 is 17.7 Å². The molecule has 0 aliphatic heterocycles. The van der Waals surface area contributed by atoms with Gasteiger partial charge in [-0.05, 0) is 42.7 Å². The molecule has 1 heterocycles. The largest absolute Gasteiger partial charge is 0.550 e. The van der Waals surface area contributed by atoms with Gasteiger partial charge in [0.25, 0.3) is 0 Å². The molecular weight excluding hydrogens is 343 g/mol. The average Bonchev–Trinajstić information content (AvgIpc) is 3.04. The van der Waals surface area contributed by atoms with Gasteiger partial charge in [0.2, 0.25) is 0 Å². The number of para-hydroxylation sites is 1. The van der Waals surface area contributed by atoms with Gasteiger partial charge in [-0.3, -0.25) is 0 Å². The first-order valence-corrected chi connectivity index (χ1v) is 8.00. The number of carbonyl (C=O) groups excluding carboxylic acids is 1. The van der Waals surface area contributed by atoms with Gasteiger partial charge in [-0.1, -0.05) is 42.5 Å². The monoisotopic (exact) mass is 358 g/mol. The summed E-state index contributed by atoms with van der Waals surface area (Å²) in [6.45, 7) is 0. The Morgan fingerprint density at radius 3 is 2.23 bits per heavy atom. The Morgan fingerprint density at radius 2 is 1.58 bits per heavy atom. The predicted octanol–water partition coefficient (Wildman–Crippen LogP) is 3.85. The Kier molecular flexibility index (Phi) is 4.84. The number of halogens is 3.